The zero-order valence-electron chi connectivity index (χ0n) is 19.0. The first-order chi connectivity index (χ1) is 15.9. The Bertz CT molecular complexity index is 1220. The van der Waals surface area contributed by atoms with Crippen LogP contribution < -0.4 is 14.8 Å². The molecule has 2 aromatic carbocycles. The van der Waals surface area contributed by atoms with Crippen LogP contribution in [0.4, 0.5) is 13.2 Å². The molecule has 6 nitrogen and oxygen atoms in total. The maximum Gasteiger partial charge on any atom is 0.573 e. The number of nitrogens with zero attached hydrogens (tertiary/aromatic N) is 1. The molecule has 3 aromatic rings. The van der Waals surface area contributed by atoms with E-state index in [0.717, 1.165) is 18.6 Å². The predicted octanol–water partition coefficient (Wildman–Crippen LogP) is 5.66. The van der Waals surface area contributed by atoms with Gasteiger partial charge in [0, 0.05) is 22.7 Å². The number of rotatable bonds is 7. The highest BCUT2D eigenvalue weighted by Crippen LogP contribution is 2.35. The number of ether oxygens (including phenoxy) is 2. The topological polar surface area (TPSA) is 69.6 Å². The summed E-state index contributed by atoms with van der Waals surface area (Å²) in [5, 5.41) is 3.79. The molecule has 0 bridgehead atoms. The molecule has 0 aliphatic carbocycles. The lowest BCUT2D eigenvalue weighted by atomic mass is 10.1. The molecule has 0 spiro atoms. The number of amides is 1. The molecule has 0 aliphatic rings. The van der Waals surface area contributed by atoms with Crippen molar-refractivity contribution in [2.45, 2.75) is 46.0 Å². The van der Waals surface area contributed by atoms with Crippen LogP contribution in [0.15, 0.2) is 36.4 Å². The Balaban J connectivity index is 2.08. The van der Waals surface area contributed by atoms with Crippen molar-refractivity contribution >= 4 is 34.3 Å². The van der Waals surface area contributed by atoms with E-state index in [1.165, 1.54) is 23.8 Å². The van der Waals surface area contributed by atoms with Crippen molar-refractivity contribution in [1.82, 2.24) is 9.88 Å². The summed E-state index contributed by atoms with van der Waals surface area (Å²) < 4.78 is 47.9. The van der Waals surface area contributed by atoms with Crippen molar-refractivity contribution < 1.29 is 32.2 Å². The molecule has 1 N–H and O–H groups in total. The number of fused-ring (bicyclic) bond motifs is 1. The number of hydrogen-bond donors (Lipinski definition) is 1. The van der Waals surface area contributed by atoms with Gasteiger partial charge in [-0.3, -0.25) is 14.2 Å². The van der Waals surface area contributed by atoms with Gasteiger partial charge in [0.25, 0.3) is 5.91 Å². The van der Waals surface area contributed by atoms with Gasteiger partial charge in [-0.1, -0.05) is 18.5 Å². The lowest BCUT2D eigenvalue weighted by Gasteiger charge is -2.12. The molecule has 1 amide bonds. The summed E-state index contributed by atoms with van der Waals surface area (Å²) >= 11 is 6.31. The minimum Gasteiger partial charge on any atom is -0.495 e. The Morgan fingerprint density at radius 2 is 1.82 bits per heavy atom. The van der Waals surface area contributed by atoms with Crippen LogP contribution in [0.25, 0.3) is 10.9 Å². The van der Waals surface area contributed by atoms with Crippen LogP contribution in [0.3, 0.4) is 0 Å². The van der Waals surface area contributed by atoms with Crippen LogP contribution in [0.2, 0.25) is 5.02 Å². The Kier molecular flexibility index (Phi) is 7.45. The highest BCUT2D eigenvalue weighted by molar-refractivity contribution is 6.33. The maximum atomic E-state index is 13.4. The van der Waals surface area contributed by atoms with Crippen molar-refractivity contribution in [3.05, 3.63) is 58.2 Å². The number of alkyl halides is 3. The van der Waals surface area contributed by atoms with Crippen molar-refractivity contribution in [2.75, 3.05) is 7.11 Å². The molecular weight excluding hydrogens is 473 g/mol. The summed E-state index contributed by atoms with van der Waals surface area (Å²) in [5.41, 5.74) is 1.72. The van der Waals surface area contributed by atoms with Gasteiger partial charge in [0.15, 0.2) is 0 Å². The van der Waals surface area contributed by atoms with Gasteiger partial charge in [0.1, 0.15) is 11.5 Å². The fourth-order valence-electron chi connectivity index (χ4n) is 3.64. The van der Waals surface area contributed by atoms with Crippen molar-refractivity contribution in [2.24, 2.45) is 0 Å². The number of hydrogen-bond acceptors (Lipinski definition) is 4. The Morgan fingerprint density at radius 3 is 2.38 bits per heavy atom. The average Bonchev–Trinajstić information content (AvgIpc) is 3.02. The molecule has 0 fully saturated rings. The number of aromatic nitrogens is 1. The third kappa shape index (κ3) is 5.47. The Hall–Kier alpha value is -3.20. The van der Waals surface area contributed by atoms with E-state index in [-0.39, 0.29) is 29.0 Å². The normalized spacial score (nSPS) is 12.5. The van der Waals surface area contributed by atoms with Crippen LogP contribution >= 0.6 is 11.6 Å². The predicted molar refractivity (Wildman–Crippen MR) is 123 cm³/mol. The second-order valence-electron chi connectivity index (χ2n) is 7.83. The van der Waals surface area contributed by atoms with Crippen LogP contribution in [-0.2, 0) is 11.2 Å². The lowest BCUT2D eigenvalue weighted by Crippen LogP contribution is -2.33. The summed E-state index contributed by atoms with van der Waals surface area (Å²) in [6.07, 6.45) is -4.04. The fourth-order valence-corrected chi connectivity index (χ4v) is 3.87. The minimum absolute atomic E-state index is 0.01000. The molecule has 182 valence electrons. The molecule has 0 aliphatic heterocycles. The highest BCUT2D eigenvalue weighted by Gasteiger charge is 2.31. The molecular formula is C24H24ClF3N2O4. The number of carbonyl (C=O) groups is 2. The van der Waals surface area contributed by atoms with E-state index >= 15 is 0 Å². The zero-order chi connectivity index (χ0) is 25.2. The molecule has 10 heteroatoms. The first kappa shape index (κ1) is 25.4. The number of benzene rings is 2. The van der Waals surface area contributed by atoms with Crippen LogP contribution in [0.5, 0.6) is 11.5 Å². The van der Waals surface area contributed by atoms with E-state index in [2.05, 4.69) is 10.1 Å². The lowest BCUT2D eigenvalue weighted by molar-refractivity contribution is -0.274. The summed E-state index contributed by atoms with van der Waals surface area (Å²) in [7, 11) is 1.46. The van der Waals surface area contributed by atoms with E-state index in [0.29, 0.717) is 27.9 Å². The van der Waals surface area contributed by atoms with Gasteiger partial charge >= 0.3 is 6.36 Å². The summed E-state index contributed by atoms with van der Waals surface area (Å²) in [6, 6.07) is 7.85. The average molecular weight is 497 g/mol. The minimum atomic E-state index is -4.83. The third-order valence-electron chi connectivity index (χ3n) is 5.50. The Labute approximate surface area is 199 Å². The van der Waals surface area contributed by atoms with Crippen molar-refractivity contribution in [3.63, 3.8) is 0 Å². The van der Waals surface area contributed by atoms with Crippen LogP contribution in [0, 0.1) is 6.92 Å². The standard InChI is InChI=1S/C24H24ClF3N2O4/c1-5-13(2)29-22(31)11-17-14(3)30(20-12-19(25)21(33-4)10-18(17)20)23(32)15-6-8-16(9-7-15)34-24(26,27)28/h6-10,12-13H,5,11H2,1-4H3,(H,29,31). The first-order valence-electron chi connectivity index (χ1n) is 10.5. The van der Waals surface area contributed by atoms with Gasteiger partial charge in [-0.25, -0.2) is 0 Å². The molecule has 1 aromatic heterocycles. The first-order valence-corrected chi connectivity index (χ1v) is 10.9. The van der Waals surface area contributed by atoms with Gasteiger partial charge in [0.2, 0.25) is 5.91 Å². The molecule has 0 saturated heterocycles. The number of nitrogens with one attached hydrogen (secondary N) is 1. The molecule has 34 heavy (non-hydrogen) atoms. The van der Waals surface area contributed by atoms with Gasteiger partial charge < -0.3 is 14.8 Å². The molecule has 0 radical (unpaired) electrons. The smallest absolute Gasteiger partial charge is 0.495 e. The third-order valence-corrected chi connectivity index (χ3v) is 5.80. The maximum absolute atomic E-state index is 13.4. The number of carbonyl (C=O) groups excluding carboxylic acids is 2. The Morgan fingerprint density at radius 1 is 1.18 bits per heavy atom. The largest absolute Gasteiger partial charge is 0.573 e. The molecule has 3 rings (SSSR count). The summed E-state index contributed by atoms with van der Waals surface area (Å²) in [4.78, 5) is 26.0. The molecule has 0 saturated carbocycles. The van der Waals surface area contributed by atoms with E-state index in [1.807, 2.05) is 13.8 Å². The van der Waals surface area contributed by atoms with Crippen LogP contribution in [0.1, 0.15) is 41.9 Å². The SMILES string of the molecule is CCC(C)NC(=O)Cc1c(C)n(C(=O)c2ccc(OC(F)(F)F)cc2)c2cc(Cl)c(OC)cc12. The van der Waals surface area contributed by atoms with E-state index in [9.17, 15) is 22.8 Å². The van der Waals surface area contributed by atoms with E-state index in [4.69, 9.17) is 16.3 Å². The van der Waals surface area contributed by atoms with Gasteiger partial charge in [0.05, 0.1) is 24.1 Å². The monoisotopic (exact) mass is 496 g/mol. The fraction of sp³-hybridized carbons (Fsp3) is 0.333. The molecule has 1 unspecified atom stereocenters. The van der Waals surface area contributed by atoms with E-state index < -0.39 is 18.0 Å². The number of halogens is 4. The van der Waals surface area contributed by atoms with Gasteiger partial charge in [-0.15, -0.1) is 13.2 Å². The van der Waals surface area contributed by atoms with Crippen molar-refractivity contribution in [3.8, 4) is 11.5 Å². The second-order valence-corrected chi connectivity index (χ2v) is 8.24. The second kappa shape index (κ2) is 9.97. The van der Waals surface area contributed by atoms with E-state index in [1.54, 1.807) is 19.1 Å². The molecule has 1 atom stereocenters. The van der Waals surface area contributed by atoms with Crippen LogP contribution in [-0.4, -0.2) is 35.9 Å². The summed E-state index contributed by atoms with van der Waals surface area (Å²) in [6.45, 7) is 5.55. The van der Waals surface area contributed by atoms with Gasteiger partial charge in [-0.2, -0.15) is 0 Å². The highest BCUT2D eigenvalue weighted by atomic mass is 35.5. The zero-order valence-corrected chi connectivity index (χ0v) is 19.8. The number of methoxy groups -OCH3 is 1. The molecule has 1 heterocycles. The quantitative estimate of drug-likeness (QED) is 0.458. The van der Waals surface area contributed by atoms with Gasteiger partial charge in [-0.05, 0) is 62.2 Å². The summed E-state index contributed by atoms with van der Waals surface area (Å²) in [5.74, 6) is -0.744. The van der Waals surface area contributed by atoms with Crippen molar-refractivity contribution in [1.29, 1.82) is 0 Å².